The number of carbonyl (C=O) groups excluding carboxylic acids is 2. The van der Waals surface area contributed by atoms with Crippen LogP contribution in [0, 0.1) is 5.82 Å². The molecule has 0 saturated carbocycles. The summed E-state index contributed by atoms with van der Waals surface area (Å²) in [6.07, 6.45) is -0.435. The smallest absolute Gasteiger partial charge is 0.263 e. The minimum Gasteiger partial charge on any atom is -0.375 e. The van der Waals surface area contributed by atoms with E-state index in [1.54, 1.807) is 12.1 Å². The third-order valence-corrected chi connectivity index (χ3v) is 4.24. The van der Waals surface area contributed by atoms with Crippen molar-refractivity contribution in [1.29, 1.82) is 0 Å². The first-order chi connectivity index (χ1) is 10.8. The molecule has 3 rings (SSSR count). The van der Waals surface area contributed by atoms with Crippen LogP contribution in [0.15, 0.2) is 42.5 Å². The van der Waals surface area contributed by atoms with E-state index in [0.29, 0.717) is 16.3 Å². The Kier molecular flexibility index (Phi) is 3.70. The Hall–Kier alpha value is -2.24. The van der Waals surface area contributed by atoms with Crippen LogP contribution in [-0.2, 0) is 10.4 Å². The summed E-state index contributed by atoms with van der Waals surface area (Å²) in [6, 6.07) is 9.67. The molecule has 1 atom stereocenters. The maximum atomic E-state index is 12.9. The zero-order chi connectivity index (χ0) is 16.8. The Balaban J connectivity index is 1.98. The summed E-state index contributed by atoms with van der Waals surface area (Å²) in [5.74, 6) is -1.51. The van der Waals surface area contributed by atoms with Crippen LogP contribution >= 0.6 is 11.6 Å². The Labute approximate surface area is 137 Å². The summed E-state index contributed by atoms with van der Waals surface area (Å²) in [4.78, 5) is 26.1. The van der Waals surface area contributed by atoms with E-state index in [2.05, 4.69) is 0 Å². The van der Waals surface area contributed by atoms with Crippen molar-refractivity contribution < 1.29 is 19.1 Å². The molecule has 0 aliphatic carbocycles. The van der Waals surface area contributed by atoms with Gasteiger partial charge in [-0.3, -0.25) is 9.59 Å². The molecular formula is C17H13ClFNO3. The number of Topliss-reactive ketones (excluding diaryl/α,β-unsaturated/α-hetero) is 1. The van der Waals surface area contributed by atoms with E-state index >= 15 is 0 Å². The summed E-state index contributed by atoms with van der Waals surface area (Å²) in [6.45, 7) is 0. The van der Waals surface area contributed by atoms with Crippen molar-refractivity contribution in [2.45, 2.75) is 12.0 Å². The van der Waals surface area contributed by atoms with Gasteiger partial charge in [-0.2, -0.15) is 0 Å². The van der Waals surface area contributed by atoms with E-state index < -0.39 is 29.5 Å². The largest absolute Gasteiger partial charge is 0.375 e. The molecule has 0 radical (unpaired) electrons. The molecule has 0 unspecified atom stereocenters. The molecule has 1 aliphatic rings. The molecule has 1 heterocycles. The van der Waals surface area contributed by atoms with Crippen LogP contribution in [0.4, 0.5) is 10.1 Å². The van der Waals surface area contributed by atoms with Gasteiger partial charge in [0.2, 0.25) is 0 Å². The minimum atomic E-state index is -1.97. The van der Waals surface area contributed by atoms with Crippen molar-refractivity contribution >= 4 is 29.0 Å². The lowest BCUT2D eigenvalue weighted by molar-refractivity contribution is -0.135. The molecule has 23 heavy (non-hydrogen) atoms. The highest BCUT2D eigenvalue weighted by Gasteiger charge is 2.49. The van der Waals surface area contributed by atoms with Gasteiger partial charge >= 0.3 is 0 Å². The van der Waals surface area contributed by atoms with Gasteiger partial charge in [-0.05, 0) is 42.5 Å². The van der Waals surface area contributed by atoms with Gasteiger partial charge in [-0.1, -0.05) is 11.6 Å². The molecule has 0 fully saturated rings. The fourth-order valence-corrected chi connectivity index (χ4v) is 2.95. The van der Waals surface area contributed by atoms with Crippen molar-refractivity contribution in [3.63, 3.8) is 0 Å². The van der Waals surface area contributed by atoms with Crippen LogP contribution in [0.1, 0.15) is 22.3 Å². The number of amides is 1. The summed E-state index contributed by atoms with van der Waals surface area (Å²) in [7, 11) is 1.52. The number of anilines is 1. The fourth-order valence-electron chi connectivity index (χ4n) is 2.78. The predicted molar refractivity (Wildman–Crippen MR) is 84.1 cm³/mol. The topological polar surface area (TPSA) is 57.6 Å². The van der Waals surface area contributed by atoms with Crippen molar-refractivity contribution in [3.05, 3.63) is 64.4 Å². The summed E-state index contributed by atoms with van der Waals surface area (Å²) < 4.78 is 12.9. The number of nitrogens with zero attached hydrogens (tertiary/aromatic N) is 1. The molecule has 6 heteroatoms. The highest BCUT2D eigenvalue weighted by atomic mass is 35.5. The first kappa shape index (κ1) is 15.6. The van der Waals surface area contributed by atoms with Gasteiger partial charge in [0, 0.05) is 23.2 Å². The van der Waals surface area contributed by atoms with E-state index in [9.17, 15) is 19.1 Å². The number of fused-ring (bicyclic) bond motifs is 1. The van der Waals surface area contributed by atoms with Gasteiger partial charge in [-0.25, -0.2) is 4.39 Å². The maximum absolute atomic E-state index is 12.9. The summed E-state index contributed by atoms with van der Waals surface area (Å²) in [5.41, 5.74) is -0.937. The number of ketones is 1. The van der Waals surface area contributed by atoms with Crippen LogP contribution in [0.25, 0.3) is 0 Å². The number of halogens is 2. The quantitative estimate of drug-likeness (QED) is 0.879. The standard InChI is InChI=1S/C17H13ClFNO3/c1-20-14-7-4-11(18)8-13(14)17(23,16(20)22)9-15(21)10-2-5-12(19)6-3-10/h2-8,23H,9H2,1H3/t17-/m0/s1. The highest BCUT2D eigenvalue weighted by Crippen LogP contribution is 2.43. The molecule has 4 nitrogen and oxygen atoms in total. The Bertz CT molecular complexity index is 806. The highest BCUT2D eigenvalue weighted by molar-refractivity contribution is 6.31. The van der Waals surface area contributed by atoms with E-state index in [-0.39, 0.29) is 5.56 Å². The summed E-state index contributed by atoms with van der Waals surface area (Å²) in [5, 5.41) is 11.2. The molecule has 1 N–H and O–H groups in total. The number of benzene rings is 2. The van der Waals surface area contributed by atoms with Crippen LogP contribution < -0.4 is 4.90 Å². The number of aliphatic hydroxyl groups is 1. The molecule has 0 spiro atoms. The second-order valence-electron chi connectivity index (χ2n) is 5.49. The average molecular weight is 334 g/mol. The molecule has 1 aliphatic heterocycles. The minimum absolute atomic E-state index is 0.228. The molecule has 0 aromatic heterocycles. The van der Waals surface area contributed by atoms with Gasteiger partial charge in [0.05, 0.1) is 12.1 Å². The van der Waals surface area contributed by atoms with Gasteiger partial charge in [-0.15, -0.1) is 0 Å². The number of hydrogen-bond acceptors (Lipinski definition) is 3. The van der Waals surface area contributed by atoms with Crippen LogP contribution in [0.5, 0.6) is 0 Å². The molecule has 2 aromatic carbocycles. The van der Waals surface area contributed by atoms with Gasteiger partial charge in [0.1, 0.15) is 5.82 Å². The number of hydrogen-bond donors (Lipinski definition) is 1. The second-order valence-corrected chi connectivity index (χ2v) is 5.93. The van der Waals surface area contributed by atoms with Gasteiger partial charge in [0.25, 0.3) is 5.91 Å². The molecule has 1 amide bonds. The monoisotopic (exact) mass is 333 g/mol. The number of likely N-dealkylation sites (N-methyl/N-ethyl adjacent to an activating group) is 1. The number of rotatable bonds is 3. The van der Waals surface area contributed by atoms with E-state index in [1.807, 2.05) is 0 Å². The van der Waals surface area contributed by atoms with E-state index in [1.165, 1.54) is 30.1 Å². The lowest BCUT2D eigenvalue weighted by Crippen LogP contribution is -2.40. The Morgan fingerprint density at radius 3 is 2.57 bits per heavy atom. The first-order valence-electron chi connectivity index (χ1n) is 6.92. The molecule has 0 saturated heterocycles. The van der Waals surface area contributed by atoms with Crippen molar-refractivity contribution in [1.82, 2.24) is 0 Å². The Morgan fingerprint density at radius 2 is 1.91 bits per heavy atom. The SMILES string of the molecule is CN1C(=O)[C@](O)(CC(=O)c2ccc(F)cc2)c2cc(Cl)ccc21. The van der Waals surface area contributed by atoms with Gasteiger partial charge in [0.15, 0.2) is 11.4 Å². The van der Waals surface area contributed by atoms with Crippen molar-refractivity contribution in [2.24, 2.45) is 0 Å². The van der Waals surface area contributed by atoms with Crippen molar-refractivity contribution in [3.8, 4) is 0 Å². The molecule has 2 aromatic rings. The normalized spacial score (nSPS) is 19.8. The Morgan fingerprint density at radius 1 is 1.26 bits per heavy atom. The number of carbonyl (C=O) groups is 2. The van der Waals surface area contributed by atoms with Gasteiger partial charge < -0.3 is 10.0 Å². The fraction of sp³-hybridized carbons (Fsp3) is 0.176. The first-order valence-corrected chi connectivity index (χ1v) is 7.30. The molecular weight excluding hydrogens is 321 g/mol. The maximum Gasteiger partial charge on any atom is 0.263 e. The lowest BCUT2D eigenvalue weighted by atomic mass is 9.88. The molecule has 0 bridgehead atoms. The van der Waals surface area contributed by atoms with Crippen LogP contribution in [-0.4, -0.2) is 23.8 Å². The average Bonchev–Trinajstić information content (AvgIpc) is 2.70. The third kappa shape index (κ3) is 2.52. The summed E-state index contributed by atoms with van der Waals surface area (Å²) >= 11 is 5.95. The van der Waals surface area contributed by atoms with E-state index in [4.69, 9.17) is 11.6 Å². The van der Waals surface area contributed by atoms with Crippen LogP contribution in [0.3, 0.4) is 0 Å². The molecule has 118 valence electrons. The lowest BCUT2D eigenvalue weighted by Gasteiger charge is -2.21. The zero-order valence-electron chi connectivity index (χ0n) is 12.2. The second kappa shape index (κ2) is 5.44. The van der Waals surface area contributed by atoms with Crippen LogP contribution in [0.2, 0.25) is 5.02 Å². The predicted octanol–water partition coefficient (Wildman–Crippen LogP) is 2.92. The van der Waals surface area contributed by atoms with Crippen molar-refractivity contribution in [2.75, 3.05) is 11.9 Å². The zero-order valence-corrected chi connectivity index (χ0v) is 13.0. The third-order valence-electron chi connectivity index (χ3n) is 4.01. The van der Waals surface area contributed by atoms with E-state index in [0.717, 1.165) is 12.1 Å².